The van der Waals surface area contributed by atoms with Crippen molar-refractivity contribution in [3.8, 4) is 0 Å². The van der Waals surface area contributed by atoms with E-state index in [2.05, 4.69) is 15.6 Å². The third-order valence-corrected chi connectivity index (χ3v) is 3.58. The third-order valence-electron chi connectivity index (χ3n) is 3.58. The Bertz CT molecular complexity index is 376. The van der Waals surface area contributed by atoms with Crippen LogP contribution in [0.2, 0.25) is 0 Å². The predicted molar refractivity (Wildman–Crippen MR) is 72.3 cm³/mol. The van der Waals surface area contributed by atoms with Gasteiger partial charge in [0, 0.05) is 25.7 Å². The summed E-state index contributed by atoms with van der Waals surface area (Å²) in [6.07, 6.45) is 5.40. The Morgan fingerprint density at radius 1 is 1.58 bits per heavy atom. The van der Waals surface area contributed by atoms with Gasteiger partial charge in [-0.25, -0.2) is 0 Å². The maximum absolute atomic E-state index is 11.7. The molecule has 0 bridgehead atoms. The number of carbonyl (C=O) groups is 1. The molecule has 1 rings (SSSR count). The molecule has 0 saturated heterocycles. The Morgan fingerprint density at radius 3 is 2.89 bits per heavy atom. The number of aryl methyl sites for hydroxylation is 1. The lowest BCUT2D eigenvalue weighted by Crippen LogP contribution is -2.45. The smallest absolute Gasteiger partial charge is 0.220 e. The molecule has 0 aliphatic rings. The first-order valence-electron chi connectivity index (χ1n) is 6.79. The highest BCUT2D eigenvalue weighted by Crippen LogP contribution is 2.18. The molecule has 2 atom stereocenters. The molecule has 6 nitrogen and oxygen atoms in total. The van der Waals surface area contributed by atoms with Gasteiger partial charge in [0.05, 0.1) is 11.8 Å². The molecule has 2 N–H and O–H groups in total. The monoisotopic (exact) mass is 268 g/mol. The molecule has 0 aromatic carbocycles. The highest BCUT2D eigenvalue weighted by atomic mass is 16.3. The molecule has 0 spiro atoms. The van der Waals surface area contributed by atoms with Crippen LogP contribution in [0.4, 0.5) is 0 Å². The Kier molecular flexibility index (Phi) is 5.95. The zero-order valence-electron chi connectivity index (χ0n) is 12.0. The van der Waals surface area contributed by atoms with Gasteiger partial charge >= 0.3 is 0 Å². The normalized spacial score (nSPS) is 15.8. The molecule has 108 valence electrons. The molecule has 0 aliphatic carbocycles. The molecule has 2 unspecified atom stereocenters. The number of rotatable bonds is 8. The van der Waals surface area contributed by atoms with Crippen molar-refractivity contribution in [2.24, 2.45) is 5.92 Å². The first-order chi connectivity index (χ1) is 8.95. The van der Waals surface area contributed by atoms with E-state index in [9.17, 15) is 9.90 Å². The van der Waals surface area contributed by atoms with Gasteiger partial charge in [-0.2, -0.15) is 0 Å². The lowest BCUT2D eigenvalue weighted by molar-refractivity contribution is -0.122. The first-order valence-corrected chi connectivity index (χ1v) is 6.79. The summed E-state index contributed by atoms with van der Waals surface area (Å²) in [6.45, 7) is 6.74. The number of aliphatic hydroxyl groups is 1. The van der Waals surface area contributed by atoms with Crippen LogP contribution in [0, 0.1) is 5.92 Å². The van der Waals surface area contributed by atoms with Crippen molar-refractivity contribution in [2.45, 2.75) is 52.2 Å². The van der Waals surface area contributed by atoms with Gasteiger partial charge in [0.15, 0.2) is 0 Å². The van der Waals surface area contributed by atoms with E-state index in [1.165, 1.54) is 0 Å². The van der Waals surface area contributed by atoms with Gasteiger partial charge in [0.25, 0.3) is 0 Å². The number of aromatic nitrogens is 3. The van der Waals surface area contributed by atoms with Crippen LogP contribution in [0.5, 0.6) is 0 Å². The zero-order valence-corrected chi connectivity index (χ0v) is 12.0. The van der Waals surface area contributed by atoms with Crippen LogP contribution < -0.4 is 5.32 Å². The molecule has 1 aromatic rings. The minimum atomic E-state index is -0.851. The van der Waals surface area contributed by atoms with Crippen LogP contribution in [0.15, 0.2) is 12.4 Å². The molecule has 0 aliphatic heterocycles. The van der Waals surface area contributed by atoms with E-state index < -0.39 is 5.60 Å². The topological polar surface area (TPSA) is 80.0 Å². The Morgan fingerprint density at radius 2 is 2.32 bits per heavy atom. The van der Waals surface area contributed by atoms with E-state index in [-0.39, 0.29) is 11.8 Å². The summed E-state index contributed by atoms with van der Waals surface area (Å²) in [7, 11) is 0. The molecule has 6 heteroatoms. The van der Waals surface area contributed by atoms with Gasteiger partial charge in [0.1, 0.15) is 0 Å². The van der Waals surface area contributed by atoms with Gasteiger partial charge in [-0.15, -0.1) is 5.10 Å². The third kappa shape index (κ3) is 5.38. The Labute approximate surface area is 114 Å². The summed E-state index contributed by atoms with van der Waals surface area (Å²) in [5.41, 5.74) is -0.851. The van der Waals surface area contributed by atoms with Crippen LogP contribution in [-0.2, 0) is 11.3 Å². The molecule has 1 aromatic heterocycles. The number of nitrogens with one attached hydrogen (secondary N) is 1. The van der Waals surface area contributed by atoms with Crippen molar-refractivity contribution in [2.75, 3.05) is 6.54 Å². The second kappa shape index (κ2) is 7.23. The van der Waals surface area contributed by atoms with E-state index in [0.29, 0.717) is 25.9 Å². The second-order valence-electron chi connectivity index (χ2n) is 5.21. The highest BCUT2D eigenvalue weighted by molar-refractivity contribution is 5.75. The lowest BCUT2D eigenvalue weighted by Gasteiger charge is -2.29. The zero-order chi connectivity index (χ0) is 14.3. The largest absolute Gasteiger partial charge is 0.388 e. The van der Waals surface area contributed by atoms with Crippen LogP contribution in [-0.4, -0.2) is 38.2 Å². The van der Waals surface area contributed by atoms with Crippen LogP contribution in [0.3, 0.4) is 0 Å². The summed E-state index contributed by atoms with van der Waals surface area (Å²) >= 11 is 0. The summed E-state index contributed by atoms with van der Waals surface area (Å²) in [5, 5.41) is 20.5. The number of amides is 1. The van der Waals surface area contributed by atoms with Crippen molar-refractivity contribution in [3.63, 3.8) is 0 Å². The Balaban J connectivity index is 2.20. The van der Waals surface area contributed by atoms with Crippen molar-refractivity contribution in [1.82, 2.24) is 20.3 Å². The molecule has 1 heterocycles. The second-order valence-corrected chi connectivity index (χ2v) is 5.21. The fraction of sp³-hybridized carbons (Fsp3) is 0.769. The fourth-order valence-corrected chi connectivity index (χ4v) is 1.73. The van der Waals surface area contributed by atoms with E-state index in [1.54, 1.807) is 24.0 Å². The molecule has 1 amide bonds. The summed E-state index contributed by atoms with van der Waals surface area (Å²) in [5.74, 6) is 0.117. The molecule has 0 fully saturated rings. The van der Waals surface area contributed by atoms with E-state index in [1.807, 2.05) is 13.8 Å². The summed E-state index contributed by atoms with van der Waals surface area (Å²) in [6, 6.07) is 0. The van der Waals surface area contributed by atoms with E-state index in [0.717, 1.165) is 6.42 Å². The van der Waals surface area contributed by atoms with Crippen molar-refractivity contribution in [1.29, 1.82) is 0 Å². The number of carbonyl (C=O) groups excluding carboxylic acids is 1. The maximum Gasteiger partial charge on any atom is 0.220 e. The van der Waals surface area contributed by atoms with Gasteiger partial charge in [-0.05, 0) is 19.3 Å². The van der Waals surface area contributed by atoms with Crippen LogP contribution >= 0.6 is 0 Å². The van der Waals surface area contributed by atoms with Gasteiger partial charge in [-0.1, -0.05) is 25.5 Å². The maximum atomic E-state index is 11.7. The average molecular weight is 268 g/mol. The van der Waals surface area contributed by atoms with Crippen LogP contribution in [0.1, 0.15) is 40.0 Å². The first kappa shape index (κ1) is 15.6. The van der Waals surface area contributed by atoms with Crippen molar-refractivity contribution < 1.29 is 9.90 Å². The minimum absolute atomic E-state index is 0.0382. The summed E-state index contributed by atoms with van der Waals surface area (Å²) < 4.78 is 1.70. The average Bonchev–Trinajstić information content (AvgIpc) is 2.88. The Hall–Kier alpha value is -1.43. The molecule has 19 heavy (non-hydrogen) atoms. The van der Waals surface area contributed by atoms with Crippen molar-refractivity contribution in [3.05, 3.63) is 12.4 Å². The minimum Gasteiger partial charge on any atom is -0.388 e. The van der Waals surface area contributed by atoms with Gasteiger partial charge in [0.2, 0.25) is 5.91 Å². The molecule has 0 saturated carbocycles. The SMILES string of the molecule is CCC(C)C(C)(O)CNC(=O)CCCn1ccnn1. The highest BCUT2D eigenvalue weighted by Gasteiger charge is 2.27. The van der Waals surface area contributed by atoms with Gasteiger partial charge in [-0.3, -0.25) is 9.48 Å². The molecular weight excluding hydrogens is 244 g/mol. The standard InChI is InChI=1S/C13H24N4O2/c1-4-11(2)13(3,19)10-14-12(18)6-5-8-17-9-7-15-16-17/h7,9,11,19H,4-6,8,10H2,1-3H3,(H,14,18). The number of hydrogen-bond acceptors (Lipinski definition) is 4. The summed E-state index contributed by atoms with van der Waals surface area (Å²) in [4.78, 5) is 11.7. The molecule has 0 radical (unpaired) electrons. The number of hydrogen-bond donors (Lipinski definition) is 2. The van der Waals surface area contributed by atoms with Gasteiger partial charge < -0.3 is 10.4 Å². The number of nitrogens with zero attached hydrogens (tertiary/aromatic N) is 3. The quantitative estimate of drug-likeness (QED) is 0.736. The predicted octanol–water partition coefficient (Wildman–Crippen LogP) is 0.972. The van der Waals surface area contributed by atoms with Crippen LogP contribution in [0.25, 0.3) is 0 Å². The lowest BCUT2D eigenvalue weighted by atomic mass is 9.88. The van der Waals surface area contributed by atoms with E-state index >= 15 is 0 Å². The molecular formula is C13H24N4O2. The fourth-order valence-electron chi connectivity index (χ4n) is 1.73. The van der Waals surface area contributed by atoms with Crippen molar-refractivity contribution >= 4 is 5.91 Å². The van der Waals surface area contributed by atoms with E-state index in [4.69, 9.17) is 0 Å².